The van der Waals surface area contributed by atoms with E-state index >= 15 is 0 Å². The molecule has 2 atom stereocenters. The molecule has 2 aromatic rings. The summed E-state index contributed by atoms with van der Waals surface area (Å²) < 4.78 is 0. The highest BCUT2D eigenvalue weighted by atomic mass is 16.2. The number of rotatable bonds is 10. The minimum atomic E-state index is 0.101. The lowest BCUT2D eigenvalue weighted by atomic mass is 10.0. The Hall–Kier alpha value is -2.70. The summed E-state index contributed by atoms with van der Waals surface area (Å²) in [4.78, 5) is 30.2. The van der Waals surface area contributed by atoms with Crippen molar-refractivity contribution in [3.8, 4) is 0 Å². The number of amides is 2. The summed E-state index contributed by atoms with van der Waals surface area (Å²) in [5.74, 6) is 1.32. The van der Waals surface area contributed by atoms with E-state index in [1.54, 1.807) is 0 Å². The Bertz CT molecular complexity index is 950. The molecule has 1 aliphatic heterocycles. The molecule has 2 N–H and O–H groups in total. The van der Waals surface area contributed by atoms with Crippen molar-refractivity contribution in [3.05, 3.63) is 70.8 Å². The van der Waals surface area contributed by atoms with E-state index in [2.05, 4.69) is 82.8 Å². The van der Waals surface area contributed by atoms with E-state index in [4.69, 9.17) is 0 Å². The molecule has 5 rings (SSSR count). The van der Waals surface area contributed by atoms with Gasteiger partial charge >= 0.3 is 0 Å². The summed E-state index contributed by atoms with van der Waals surface area (Å²) in [5.41, 5.74) is 4.90. The number of hydrogen-bond acceptors (Lipinski definition) is 4. The predicted octanol–water partition coefficient (Wildman–Crippen LogP) is 3.76. The van der Waals surface area contributed by atoms with Crippen LogP contribution in [0.5, 0.6) is 0 Å². The van der Waals surface area contributed by atoms with Crippen LogP contribution in [0.4, 0.5) is 0 Å². The maximum Gasteiger partial charge on any atom is 0.234 e. The van der Waals surface area contributed by atoms with Gasteiger partial charge in [-0.05, 0) is 62.5 Å². The fourth-order valence-electron chi connectivity index (χ4n) is 5.30. The Labute approximate surface area is 215 Å². The third kappa shape index (κ3) is 6.74. The molecule has 6 heteroatoms. The maximum atomic E-state index is 12.9. The van der Waals surface area contributed by atoms with E-state index in [0.717, 1.165) is 26.2 Å². The first-order valence-corrected chi connectivity index (χ1v) is 13.6. The number of piperazine rings is 1. The Morgan fingerprint density at radius 3 is 1.31 bits per heavy atom. The van der Waals surface area contributed by atoms with Crippen LogP contribution in [0.25, 0.3) is 0 Å². The molecule has 6 nitrogen and oxygen atoms in total. The summed E-state index contributed by atoms with van der Waals surface area (Å²) in [6.45, 7) is 8.26. The first kappa shape index (κ1) is 25.0. The topological polar surface area (TPSA) is 64.7 Å². The van der Waals surface area contributed by atoms with Crippen molar-refractivity contribution in [2.24, 2.45) is 11.8 Å². The van der Waals surface area contributed by atoms with Crippen LogP contribution in [0.3, 0.4) is 0 Å². The molecule has 36 heavy (non-hydrogen) atoms. The highest BCUT2D eigenvalue weighted by Gasteiger charge is 2.35. The standard InChI is InChI=1S/C30H40N4O2/c1-21-3-7-23(8-4-21)29(25-11-12-25)31-27(35)19-33-15-17-34(18-16-33)20-28(36)32-30(26-13-14-26)24-9-5-22(2)6-10-24/h3-10,25-26,29-30H,11-20H2,1-2H3,(H,31,35)(H,32,36). The van der Waals surface area contributed by atoms with Crippen molar-refractivity contribution in [1.82, 2.24) is 20.4 Å². The molecular weight excluding hydrogens is 448 g/mol. The van der Waals surface area contributed by atoms with Gasteiger partial charge in [-0.25, -0.2) is 0 Å². The molecular formula is C30H40N4O2. The van der Waals surface area contributed by atoms with Gasteiger partial charge in [-0.15, -0.1) is 0 Å². The van der Waals surface area contributed by atoms with E-state index in [0.29, 0.717) is 24.9 Å². The lowest BCUT2D eigenvalue weighted by molar-refractivity contribution is -0.126. The molecule has 0 radical (unpaired) electrons. The highest BCUT2D eigenvalue weighted by Crippen LogP contribution is 2.41. The van der Waals surface area contributed by atoms with Crippen LogP contribution in [0.2, 0.25) is 0 Å². The van der Waals surface area contributed by atoms with Gasteiger partial charge in [0.2, 0.25) is 11.8 Å². The van der Waals surface area contributed by atoms with Crippen molar-refractivity contribution >= 4 is 11.8 Å². The van der Waals surface area contributed by atoms with E-state index < -0.39 is 0 Å². The summed E-state index contributed by atoms with van der Waals surface area (Å²) in [6.07, 6.45) is 4.74. The zero-order valence-corrected chi connectivity index (χ0v) is 21.7. The van der Waals surface area contributed by atoms with Gasteiger partial charge in [-0.3, -0.25) is 19.4 Å². The van der Waals surface area contributed by atoms with Gasteiger partial charge < -0.3 is 10.6 Å². The third-order valence-electron chi connectivity index (χ3n) is 7.89. The Kier molecular flexibility index (Phi) is 7.73. The van der Waals surface area contributed by atoms with E-state index in [1.165, 1.54) is 47.9 Å². The van der Waals surface area contributed by atoms with E-state index in [1.807, 2.05) is 0 Å². The highest BCUT2D eigenvalue weighted by molar-refractivity contribution is 5.79. The SMILES string of the molecule is Cc1ccc(C(NC(=O)CN2CCN(CC(=O)NC(c3ccc(C)cc3)C3CC3)CC2)C2CC2)cc1. The van der Waals surface area contributed by atoms with Crippen LogP contribution >= 0.6 is 0 Å². The van der Waals surface area contributed by atoms with Gasteiger partial charge in [0, 0.05) is 26.2 Å². The van der Waals surface area contributed by atoms with Crippen LogP contribution in [0.15, 0.2) is 48.5 Å². The second-order valence-electron chi connectivity index (χ2n) is 11.1. The first-order valence-electron chi connectivity index (χ1n) is 13.6. The second kappa shape index (κ2) is 11.1. The molecule has 2 amide bonds. The zero-order chi connectivity index (χ0) is 25.1. The van der Waals surface area contributed by atoms with Crippen molar-refractivity contribution in [3.63, 3.8) is 0 Å². The molecule has 2 unspecified atom stereocenters. The molecule has 3 aliphatic rings. The summed E-state index contributed by atoms with van der Waals surface area (Å²) in [5, 5.41) is 6.61. The van der Waals surface area contributed by atoms with Crippen LogP contribution < -0.4 is 10.6 Å². The average molecular weight is 489 g/mol. The maximum absolute atomic E-state index is 12.9. The molecule has 2 saturated carbocycles. The summed E-state index contributed by atoms with van der Waals surface area (Å²) in [7, 11) is 0. The quantitative estimate of drug-likeness (QED) is 0.535. The van der Waals surface area contributed by atoms with Crippen molar-refractivity contribution in [2.75, 3.05) is 39.3 Å². The molecule has 3 fully saturated rings. The molecule has 1 saturated heterocycles. The van der Waals surface area contributed by atoms with Crippen LogP contribution in [-0.4, -0.2) is 60.9 Å². The van der Waals surface area contributed by atoms with E-state index in [-0.39, 0.29) is 23.9 Å². The van der Waals surface area contributed by atoms with Crippen molar-refractivity contribution in [1.29, 1.82) is 0 Å². The van der Waals surface area contributed by atoms with Crippen LogP contribution in [0.1, 0.15) is 60.0 Å². The van der Waals surface area contributed by atoms with Crippen LogP contribution in [0, 0.1) is 25.7 Å². The molecule has 192 valence electrons. The normalized spacial score (nSPS) is 20.5. The molecule has 0 bridgehead atoms. The number of nitrogens with zero attached hydrogens (tertiary/aromatic N) is 2. The van der Waals surface area contributed by atoms with Crippen molar-refractivity contribution < 1.29 is 9.59 Å². The lowest BCUT2D eigenvalue weighted by Crippen LogP contribution is -2.52. The Morgan fingerprint density at radius 1 is 0.667 bits per heavy atom. The molecule has 0 aromatic heterocycles. The fraction of sp³-hybridized carbons (Fsp3) is 0.533. The molecule has 0 spiro atoms. The van der Waals surface area contributed by atoms with E-state index in [9.17, 15) is 9.59 Å². The van der Waals surface area contributed by atoms with Gasteiger partial charge in [0.25, 0.3) is 0 Å². The van der Waals surface area contributed by atoms with Gasteiger partial charge in [0.05, 0.1) is 25.2 Å². The number of aryl methyl sites for hydroxylation is 2. The lowest BCUT2D eigenvalue weighted by Gasteiger charge is -2.34. The largest absolute Gasteiger partial charge is 0.348 e. The average Bonchev–Trinajstić information content (AvgIpc) is 3.78. The second-order valence-corrected chi connectivity index (χ2v) is 11.1. The molecule has 2 aromatic carbocycles. The smallest absolute Gasteiger partial charge is 0.234 e. The van der Waals surface area contributed by atoms with Gasteiger partial charge in [0.1, 0.15) is 0 Å². The first-order chi connectivity index (χ1) is 17.4. The number of hydrogen-bond donors (Lipinski definition) is 2. The van der Waals surface area contributed by atoms with Gasteiger partial charge in [-0.1, -0.05) is 59.7 Å². The fourth-order valence-corrected chi connectivity index (χ4v) is 5.30. The number of carbonyl (C=O) groups excluding carboxylic acids is 2. The minimum absolute atomic E-state index is 0.101. The zero-order valence-electron chi connectivity index (χ0n) is 21.7. The third-order valence-corrected chi connectivity index (χ3v) is 7.89. The summed E-state index contributed by atoms with van der Waals surface area (Å²) in [6, 6.07) is 17.3. The monoisotopic (exact) mass is 488 g/mol. The summed E-state index contributed by atoms with van der Waals surface area (Å²) >= 11 is 0. The molecule has 1 heterocycles. The number of benzene rings is 2. The Balaban J connectivity index is 1.06. The van der Waals surface area contributed by atoms with Crippen molar-refractivity contribution in [2.45, 2.75) is 51.6 Å². The predicted molar refractivity (Wildman–Crippen MR) is 142 cm³/mol. The number of carbonyl (C=O) groups is 2. The minimum Gasteiger partial charge on any atom is -0.348 e. The van der Waals surface area contributed by atoms with Crippen LogP contribution in [-0.2, 0) is 9.59 Å². The number of nitrogens with one attached hydrogen (secondary N) is 2. The van der Waals surface area contributed by atoms with Gasteiger partial charge in [0.15, 0.2) is 0 Å². The van der Waals surface area contributed by atoms with Gasteiger partial charge in [-0.2, -0.15) is 0 Å². The Morgan fingerprint density at radius 2 is 1.00 bits per heavy atom. The molecule has 2 aliphatic carbocycles.